The van der Waals surface area contributed by atoms with Gasteiger partial charge in [0.2, 0.25) is 10.0 Å². The molecule has 2 fully saturated rings. The Morgan fingerprint density at radius 2 is 2.00 bits per heavy atom. The van der Waals surface area contributed by atoms with E-state index in [1.807, 2.05) is 13.0 Å². The van der Waals surface area contributed by atoms with Crippen LogP contribution in [0.25, 0.3) is 0 Å². The van der Waals surface area contributed by atoms with Crippen molar-refractivity contribution < 1.29 is 17.9 Å². The lowest BCUT2D eigenvalue weighted by molar-refractivity contribution is 0.274. The van der Waals surface area contributed by atoms with Crippen molar-refractivity contribution in [2.75, 3.05) is 12.8 Å². The van der Waals surface area contributed by atoms with Gasteiger partial charge < -0.3 is 4.89 Å². The van der Waals surface area contributed by atoms with Gasteiger partial charge in [-0.15, -0.1) is 0 Å². The van der Waals surface area contributed by atoms with Crippen LogP contribution in [0.4, 0.5) is 0 Å². The Bertz CT molecular complexity index is 927. The van der Waals surface area contributed by atoms with E-state index in [0.717, 1.165) is 36.8 Å². The number of allylic oxidation sites excluding steroid dienone is 2. The third kappa shape index (κ3) is 6.67. The molecule has 2 saturated carbocycles. The molecule has 0 spiro atoms. The Kier molecular flexibility index (Phi) is 7.90. The Morgan fingerprint density at radius 1 is 1.27 bits per heavy atom. The second-order valence-electron chi connectivity index (χ2n) is 9.09. The summed E-state index contributed by atoms with van der Waals surface area (Å²) in [7, 11) is -6.39. The Labute approximate surface area is 185 Å². The van der Waals surface area contributed by atoms with Gasteiger partial charge in [-0.1, -0.05) is 29.8 Å². The quantitative estimate of drug-likeness (QED) is 0.281. The molecule has 1 aromatic rings. The lowest BCUT2D eigenvalue weighted by atomic mass is 9.83. The minimum absolute atomic E-state index is 0.00816. The highest BCUT2D eigenvalue weighted by molar-refractivity contribution is 7.88. The molecule has 0 radical (unpaired) electrons. The third-order valence-corrected chi connectivity index (χ3v) is 9.28. The average Bonchev–Trinajstić information content (AvgIpc) is 3.22. The maximum absolute atomic E-state index is 12.9. The highest BCUT2D eigenvalue weighted by Crippen LogP contribution is 2.50. The van der Waals surface area contributed by atoms with Crippen LogP contribution < -0.4 is 4.72 Å². The normalized spacial score (nSPS) is 28.3. The molecule has 168 valence electrons. The molecular weight excluding hydrogens is 441 g/mol. The van der Waals surface area contributed by atoms with E-state index in [1.165, 1.54) is 13.1 Å². The maximum atomic E-state index is 12.9. The van der Waals surface area contributed by atoms with Crippen molar-refractivity contribution in [3.05, 3.63) is 46.5 Å². The van der Waals surface area contributed by atoms with Gasteiger partial charge in [0.05, 0.1) is 5.75 Å². The standard InChI is InChI=1S/C22H33ClNO4PS/c1-16-8-11-20(23)14-19(16)15-30(27,28)24-22-18-10-9-17(13-18)21(22)7-5-3-4-6-12-29(2,25)26/h3,5,8,11,14,17-18,21-22,24H,4,6-7,9-10,12-13,15H2,1-2H3,(H,25,26)/b5-3-/t17-,18-,21?,22?/m0/s1. The van der Waals surface area contributed by atoms with E-state index in [4.69, 9.17) is 11.6 Å². The predicted molar refractivity (Wildman–Crippen MR) is 124 cm³/mol. The van der Waals surface area contributed by atoms with E-state index in [-0.39, 0.29) is 11.8 Å². The van der Waals surface area contributed by atoms with Crippen molar-refractivity contribution in [1.29, 1.82) is 0 Å². The molecule has 2 aliphatic carbocycles. The minimum Gasteiger partial charge on any atom is -0.344 e. The second kappa shape index (κ2) is 9.87. The molecule has 2 N–H and O–H groups in total. The summed E-state index contributed by atoms with van der Waals surface area (Å²) in [4.78, 5) is 9.36. The van der Waals surface area contributed by atoms with Gasteiger partial charge in [-0.25, -0.2) is 13.1 Å². The molecule has 8 heteroatoms. The molecular formula is C22H33ClNO4PS. The van der Waals surface area contributed by atoms with E-state index < -0.39 is 17.4 Å². The van der Waals surface area contributed by atoms with Crippen LogP contribution >= 0.6 is 19.0 Å². The van der Waals surface area contributed by atoms with Crippen molar-refractivity contribution in [3.8, 4) is 0 Å². The maximum Gasteiger partial charge on any atom is 0.216 e. The molecule has 2 aliphatic rings. The predicted octanol–water partition coefficient (Wildman–Crippen LogP) is 5.11. The number of sulfonamides is 1. The summed E-state index contributed by atoms with van der Waals surface area (Å²) in [6, 6.07) is 5.36. The van der Waals surface area contributed by atoms with E-state index in [1.54, 1.807) is 12.1 Å². The Hall–Kier alpha value is -0.650. The number of fused-ring (bicyclic) bond motifs is 2. The van der Waals surface area contributed by atoms with Crippen molar-refractivity contribution in [2.45, 2.75) is 57.2 Å². The van der Waals surface area contributed by atoms with Crippen LogP contribution in [0.3, 0.4) is 0 Å². The molecule has 3 unspecified atom stereocenters. The first-order chi connectivity index (χ1) is 14.0. The average molecular weight is 474 g/mol. The Balaban J connectivity index is 1.59. The second-order valence-corrected chi connectivity index (χ2v) is 13.8. The van der Waals surface area contributed by atoms with E-state index in [9.17, 15) is 17.9 Å². The van der Waals surface area contributed by atoms with Crippen LogP contribution in [0.5, 0.6) is 0 Å². The largest absolute Gasteiger partial charge is 0.344 e. The molecule has 3 rings (SSSR count). The smallest absolute Gasteiger partial charge is 0.216 e. The highest BCUT2D eigenvalue weighted by atomic mass is 35.5. The van der Waals surface area contributed by atoms with Gasteiger partial charge in [0.25, 0.3) is 0 Å². The molecule has 0 saturated heterocycles. The van der Waals surface area contributed by atoms with Crippen molar-refractivity contribution >= 4 is 29.0 Å². The first kappa shape index (κ1) is 24.0. The van der Waals surface area contributed by atoms with Gasteiger partial charge in [0, 0.05) is 23.9 Å². The fraction of sp³-hybridized carbons (Fsp3) is 0.636. The molecule has 30 heavy (non-hydrogen) atoms. The molecule has 0 heterocycles. The van der Waals surface area contributed by atoms with Crippen molar-refractivity contribution in [2.24, 2.45) is 17.8 Å². The number of hydrogen-bond donors (Lipinski definition) is 2. The molecule has 0 amide bonds. The molecule has 5 nitrogen and oxygen atoms in total. The fourth-order valence-corrected chi connectivity index (χ4v) is 7.61. The summed E-state index contributed by atoms with van der Waals surface area (Å²) >= 11 is 6.06. The van der Waals surface area contributed by atoms with Gasteiger partial charge in [-0.05, 0) is 86.5 Å². The summed E-state index contributed by atoms with van der Waals surface area (Å²) in [5, 5.41) is 0.550. The zero-order valence-corrected chi connectivity index (χ0v) is 20.2. The van der Waals surface area contributed by atoms with Gasteiger partial charge in [-0.2, -0.15) is 0 Å². The fourth-order valence-electron chi connectivity index (χ4n) is 5.06. The molecule has 0 aliphatic heterocycles. The molecule has 2 bridgehead atoms. The van der Waals surface area contributed by atoms with Crippen LogP contribution in [-0.4, -0.2) is 32.2 Å². The molecule has 5 atom stereocenters. The van der Waals surface area contributed by atoms with Gasteiger partial charge >= 0.3 is 0 Å². The van der Waals surface area contributed by atoms with Crippen LogP contribution in [0.2, 0.25) is 5.02 Å². The number of halogens is 1. The minimum atomic E-state index is -3.46. The zero-order valence-electron chi connectivity index (χ0n) is 17.8. The molecule has 0 aromatic heterocycles. The first-order valence-electron chi connectivity index (χ1n) is 10.7. The SMILES string of the molecule is Cc1ccc(Cl)cc1CS(=O)(=O)NC1C(C/C=C\CCCP(C)(=O)O)[C@H]2CC[C@H]1C2. The monoisotopic (exact) mass is 473 g/mol. The van der Waals surface area contributed by atoms with E-state index in [0.29, 0.717) is 35.4 Å². The lowest BCUT2D eigenvalue weighted by Crippen LogP contribution is -2.44. The topological polar surface area (TPSA) is 83.5 Å². The number of aryl methyl sites for hydroxylation is 1. The molecule has 1 aromatic carbocycles. The van der Waals surface area contributed by atoms with E-state index >= 15 is 0 Å². The summed E-state index contributed by atoms with van der Waals surface area (Å²) in [5.41, 5.74) is 1.67. The zero-order chi connectivity index (χ0) is 21.9. The Morgan fingerprint density at radius 3 is 2.73 bits per heavy atom. The number of hydrogen-bond acceptors (Lipinski definition) is 3. The van der Waals surface area contributed by atoms with Gasteiger partial charge in [0.15, 0.2) is 7.37 Å². The number of unbranched alkanes of at least 4 members (excludes halogenated alkanes) is 1. The van der Waals surface area contributed by atoms with Crippen LogP contribution in [0.1, 0.15) is 49.7 Å². The summed E-state index contributed by atoms with van der Waals surface area (Å²) in [6.45, 7) is 3.30. The summed E-state index contributed by atoms with van der Waals surface area (Å²) in [5.74, 6) is 1.27. The van der Waals surface area contributed by atoms with Gasteiger partial charge in [0.1, 0.15) is 0 Å². The van der Waals surface area contributed by atoms with E-state index in [2.05, 4.69) is 16.9 Å². The highest BCUT2D eigenvalue weighted by Gasteiger charge is 2.48. The van der Waals surface area contributed by atoms with Crippen LogP contribution in [0.15, 0.2) is 30.4 Å². The number of benzene rings is 1. The number of rotatable bonds is 10. The van der Waals surface area contributed by atoms with Crippen molar-refractivity contribution in [3.63, 3.8) is 0 Å². The van der Waals surface area contributed by atoms with Gasteiger partial charge in [-0.3, -0.25) is 4.57 Å². The number of nitrogens with one attached hydrogen (secondary N) is 1. The first-order valence-corrected chi connectivity index (χ1v) is 15.1. The summed E-state index contributed by atoms with van der Waals surface area (Å²) in [6.07, 6.45) is 10.3. The van der Waals surface area contributed by atoms with Crippen molar-refractivity contribution in [1.82, 2.24) is 4.72 Å². The van der Waals surface area contributed by atoms with Crippen LogP contribution in [0, 0.1) is 24.7 Å². The van der Waals surface area contributed by atoms with Crippen LogP contribution in [-0.2, 0) is 20.3 Å². The summed E-state index contributed by atoms with van der Waals surface area (Å²) < 4.78 is 40.2. The lowest BCUT2D eigenvalue weighted by Gasteiger charge is -2.31. The third-order valence-electron chi connectivity index (χ3n) is 6.58.